The Labute approximate surface area is 118 Å². The standard InChI is InChI=1S/C15H20N2O3/c1-11-4-3-5-12(6-11)14(19)16-7-13(18)17-8-15(2)9-20-10-15/h3-6H,7-10H2,1-2H3,(H,16,19)(H,17,18). The summed E-state index contributed by atoms with van der Waals surface area (Å²) in [5.41, 5.74) is 1.62. The molecule has 5 heteroatoms. The Morgan fingerprint density at radius 3 is 2.65 bits per heavy atom. The van der Waals surface area contributed by atoms with Crippen molar-refractivity contribution in [3.05, 3.63) is 35.4 Å². The second-order valence-corrected chi connectivity index (χ2v) is 5.63. The van der Waals surface area contributed by atoms with Crippen molar-refractivity contribution >= 4 is 11.8 Å². The lowest BCUT2D eigenvalue weighted by molar-refractivity contribution is -0.125. The fourth-order valence-corrected chi connectivity index (χ4v) is 1.98. The van der Waals surface area contributed by atoms with Gasteiger partial charge >= 0.3 is 0 Å². The van der Waals surface area contributed by atoms with Gasteiger partial charge in [0.2, 0.25) is 5.91 Å². The molecule has 0 spiro atoms. The second-order valence-electron chi connectivity index (χ2n) is 5.63. The van der Waals surface area contributed by atoms with E-state index < -0.39 is 0 Å². The van der Waals surface area contributed by atoms with Gasteiger partial charge in [0, 0.05) is 17.5 Å². The van der Waals surface area contributed by atoms with Gasteiger partial charge in [0.25, 0.3) is 5.91 Å². The molecule has 0 aliphatic carbocycles. The van der Waals surface area contributed by atoms with Crippen LogP contribution in [0, 0.1) is 12.3 Å². The third-order valence-corrected chi connectivity index (χ3v) is 3.30. The van der Waals surface area contributed by atoms with E-state index in [2.05, 4.69) is 17.6 Å². The van der Waals surface area contributed by atoms with E-state index in [9.17, 15) is 9.59 Å². The molecule has 108 valence electrons. The summed E-state index contributed by atoms with van der Waals surface area (Å²) in [5, 5.41) is 5.43. The van der Waals surface area contributed by atoms with Crippen molar-refractivity contribution in [2.45, 2.75) is 13.8 Å². The first-order valence-electron chi connectivity index (χ1n) is 6.68. The molecule has 0 saturated carbocycles. The number of amides is 2. The maximum atomic E-state index is 11.9. The third kappa shape index (κ3) is 3.81. The van der Waals surface area contributed by atoms with Crippen molar-refractivity contribution in [2.75, 3.05) is 26.3 Å². The van der Waals surface area contributed by atoms with E-state index in [0.29, 0.717) is 25.3 Å². The van der Waals surface area contributed by atoms with Gasteiger partial charge in [-0.05, 0) is 19.1 Å². The summed E-state index contributed by atoms with van der Waals surface area (Å²) in [6.45, 7) is 5.88. The smallest absolute Gasteiger partial charge is 0.251 e. The van der Waals surface area contributed by atoms with E-state index in [-0.39, 0.29) is 23.8 Å². The highest BCUT2D eigenvalue weighted by molar-refractivity contribution is 5.96. The van der Waals surface area contributed by atoms with Gasteiger partial charge in [0.15, 0.2) is 0 Å². The van der Waals surface area contributed by atoms with Crippen molar-refractivity contribution in [1.29, 1.82) is 0 Å². The van der Waals surface area contributed by atoms with Gasteiger partial charge in [-0.2, -0.15) is 0 Å². The highest BCUT2D eigenvalue weighted by atomic mass is 16.5. The average Bonchev–Trinajstić information content (AvgIpc) is 2.40. The zero-order valence-corrected chi connectivity index (χ0v) is 11.9. The second kappa shape index (κ2) is 6.05. The van der Waals surface area contributed by atoms with E-state index in [0.717, 1.165) is 5.56 Å². The molecule has 0 unspecified atom stereocenters. The van der Waals surface area contributed by atoms with E-state index in [1.54, 1.807) is 12.1 Å². The van der Waals surface area contributed by atoms with Crippen molar-refractivity contribution in [3.8, 4) is 0 Å². The molecule has 1 fully saturated rings. The molecule has 1 aliphatic heterocycles. The van der Waals surface area contributed by atoms with Gasteiger partial charge in [-0.25, -0.2) is 0 Å². The van der Waals surface area contributed by atoms with Crippen LogP contribution in [0.25, 0.3) is 0 Å². The lowest BCUT2D eigenvalue weighted by Gasteiger charge is -2.38. The normalized spacial score (nSPS) is 16.1. The van der Waals surface area contributed by atoms with Crippen molar-refractivity contribution in [3.63, 3.8) is 0 Å². The molecule has 2 N–H and O–H groups in total. The number of hydrogen-bond donors (Lipinski definition) is 2. The van der Waals surface area contributed by atoms with Crippen molar-refractivity contribution in [1.82, 2.24) is 10.6 Å². The fraction of sp³-hybridized carbons (Fsp3) is 0.467. The molecule has 1 aliphatic rings. The molecular formula is C15H20N2O3. The molecular weight excluding hydrogens is 256 g/mol. The summed E-state index contributed by atoms with van der Waals surface area (Å²) in [4.78, 5) is 23.5. The molecule has 2 amide bonds. The quantitative estimate of drug-likeness (QED) is 0.839. The van der Waals surface area contributed by atoms with E-state index in [1.165, 1.54) is 0 Å². The number of nitrogens with one attached hydrogen (secondary N) is 2. The minimum atomic E-state index is -0.234. The summed E-state index contributed by atoms with van der Waals surface area (Å²) in [5.74, 6) is -0.416. The Hall–Kier alpha value is -1.88. The van der Waals surface area contributed by atoms with Crippen LogP contribution >= 0.6 is 0 Å². The molecule has 1 aromatic carbocycles. The molecule has 0 aromatic heterocycles. The average molecular weight is 276 g/mol. The fourth-order valence-electron chi connectivity index (χ4n) is 1.98. The van der Waals surface area contributed by atoms with E-state index in [4.69, 9.17) is 4.74 Å². The highest BCUT2D eigenvalue weighted by Crippen LogP contribution is 2.24. The predicted octanol–water partition coefficient (Wildman–Crippen LogP) is 0.878. The van der Waals surface area contributed by atoms with Gasteiger partial charge in [-0.3, -0.25) is 9.59 Å². The Morgan fingerprint density at radius 2 is 2.05 bits per heavy atom. The van der Waals surface area contributed by atoms with Gasteiger partial charge in [-0.1, -0.05) is 24.6 Å². The van der Waals surface area contributed by atoms with Gasteiger partial charge in [0.1, 0.15) is 0 Å². The van der Waals surface area contributed by atoms with E-state index in [1.807, 2.05) is 19.1 Å². The number of carbonyl (C=O) groups is 2. The zero-order chi connectivity index (χ0) is 14.6. The number of hydrogen-bond acceptors (Lipinski definition) is 3. The molecule has 1 saturated heterocycles. The Bertz CT molecular complexity index is 510. The summed E-state index contributed by atoms with van der Waals surface area (Å²) < 4.78 is 5.12. The molecule has 2 rings (SSSR count). The molecule has 1 heterocycles. The van der Waals surface area contributed by atoms with Crippen molar-refractivity contribution < 1.29 is 14.3 Å². The minimum Gasteiger partial charge on any atom is -0.380 e. The molecule has 0 radical (unpaired) electrons. The molecule has 0 atom stereocenters. The predicted molar refractivity (Wildman–Crippen MR) is 75.4 cm³/mol. The lowest BCUT2D eigenvalue weighted by atomic mass is 9.89. The minimum absolute atomic E-state index is 0.0102. The third-order valence-electron chi connectivity index (χ3n) is 3.30. The first-order valence-corrected chi connectivity index (χ1v) is 6.68. The summed E-state index contributed by atoms with van der Waals surface area (Å²) >= 11 is 0. The van der Waals surface area contributed by atoms with Crippen molar-refractivity contribution in [2.24, 2.45) is 5.41 Å². The molecule has 20 heavy (non-hydrogen) atoms. The largest absolute Gasteiger partial charge is 0.380 e. The van der Waals surface area contributed by atoms with Gasteiger partial charge in [-0.15, -0.1) is 0 Å². The number of benzene rings is 1. The van der Waals surface area contributed by atoms with Crippen LogP contribution in [0.2, 0.25) is 0 Å². The summed E-state index contributed by atoms with van der Waals surface area (Å²) in [6, 6.07) is 7.26. The number of ether oxygens (including phenoxy) is 1. The van der Waals surface area contributed by atoms with Crippen LogP contribution in [0.5, 0.6) is 0 Å². The molecule has 1 aromatic rings. The van der Waals surface area contributed by atoms with Gasteiger partial charge < -0.3 is 15.4 Å². The monoisotopic (exact) mass is 276 g/mol. The summed E-state index contributed by atoms with van der Waals surface area (Å²) in [6.07, 6.45) is 0. The maximum absolute atomic E-state index is 11.9. The Kier molecular flexibility index (Phi) is 4.39. The number of aryl methyl sites for hydroxylation is 1. The zero-order valence-electron chi connectivity index (χ0n) is 11.9. The molecule has 0 bridgehead atoms. The number of rotatable bonds is 5. The Morgan fingerprint density at radius 1 is 1.30 bits per heavy atom. The molecule has 5 nitrogen and oxygen atoms in total. The van der Waals surface area contributed by atoms with Crippen LogP contribution in [0.15, 0.2) is 24.3 Å². The van der Waals surface area contributed by atoms with E-state index >= 15 is 0 Å². The van der Waals surface area contributed by atoms with Gasteiger partial charge in [0.05, 0.1) is 19.8 Å². The maximum Gasteiger partial charge on any atom is 0.251 e. The van der Waals surface area contributed by atoms with Crippen LogP contribution < -0.4 is 10.6 Å². The summed E-state index contributed by atoms with van der Waals surface area (Å²) in [7, 11) is 0. The van der Waals surface area contributed by atoms with Crippen LogP contribution in [0.1, 0.15) is 22.8 Å². The van der Waals surface area contributed by atoms with Crippen LogP contribution in [-0.4, -0.2) is 38.1 Å². The van der Waals surface area contributed by atoms with Crippen LogP contribution in [-0.2, 0) is 9.53 Å². The van der Waals surface area contributed by atoms with Crippen LogP contribution in [0.3, 0.4) is 0 Å². The highest BCUT2D eigenvalue weighted by Gasteiger charge is 2.33. The van der Waals surface area contributed by atoms with Crippen LogP contribution in [0.4, 0.5) is 0 Å². The number of carbonyl (C=O) groups excluding carboxylic acids is 2. The first kappa shape index (κ1) is 14.5. The topological polar surface area (TPSA) is 67.4 Å². The Balaban J connectivity index is 1.74. The lowest BCUT2D eigenvalue weighted by Crippen LogP contribution is -2.50. The SMILES string of the molecule is Cc1cccc(C(=O)NCC(=O)NCC2(C)COC2)c1. The first-order chi connectivity index (χ1) is 9.48.